The third-order valence-electron chi connectivity index (χ3n) is 6.04. The fraction of sp³-hybridized carbons (Fsp3) is 0.478. The van der Waals surface area contributed by atoms with Gasteiger partial charge in [0.15, 0.2) is 0 Å². The number of pyridine rings is 1. The average molecular weight is 396 g/mol. The van der Waals surface area contributed by atoms with Gasteiger partial charge in [-0.2, -0.15) is 0 Å². The molecule has 2 aromatic rings. The third kappa shape index (κ3) is 4.60. The van der Waals surface area contributed by atoms with Crippen LogP contribution in [0.1, 0.15) is 33.5 Å². The minimum absolute atomic E-state index is 0.0678. The van der Waals surface area contributed by atoms with Crippen LogP contribution in [0, 0.1) is 6.92 Å². The molecule has 2 heterocycles. The van der Waals surface area contributed by atoms with Gasteiger partial charge in [-0.25, -0.2) is 0 Å². The number of benzene rings is 1. The molecule has 1 aromatic carbocycles. The zero-order chi connectivity index (χ0) is 20.2. The van der Waals surface area contributed by atoms with E-state index in [-0.39, 0.29) is 23.1 Å². The van der Waals surface area contributed by atoms with Crippen molar-refractivity contribution in [1.82, 2.24) is 14.8 Å². The molecule has 0 bridgehead atoms. The van der Waals surface area contributed by atoms with Crippen LogP contribution in [-0.4, -0.2) is 54.3 Å². The summed E-state index contributed by atoms with van der Waals surface area (Å²) in [6.07, 6.45) is 4.48. The highest BCUT2D eigenvalue weighted by atomic mass is 16.5. The second-order valence-corrected chi connectivity index (χ2v) is 8.01. The first kappa shape index (κ1) is 19.9. The minimum Gasteiger partial charge on any atom is -0.379 e. The van der Waals surface area contributed by atoms with Crippen LogP contribution >= 0.6 is 0 Å². The molecule has 1 atom stereocenters. The van der Waals surface area contributed by atoms with Crippen LogP contribution in [0.25, 0.3) is 0 Å². The Bertz CT molecular complexity index is 931. The Balaban J connectivity index is 1.44. The first-order valence-corrected chi connectivity index (χ1v) is 10.5. The predicted molar refractivity (Wildman–Crippen MR) is 112 cm³/mol. The maximum absolute atomic E-state index is 13.0. The van der Waals surface area contributed by atoms with Crippen LogP contribution < -0.4 is 10.9 Å². The van der Waals surface area contributed by atoms with Crippen molar-refractivity contribution in [1.29, 1.82) is 0 Å². The molecular weight excluding hydrogens is 366 g/mol. The number of amides is 1. The lowest BCUT2D eigenvalue weighted by Gasteiger charge is -2.27. The van der Waals surface area contributed by atoms with Crippen molar-refractivity contribution in [2.24, 2.45) is 0 Å². The largest absolute Gasteiger partial charge is 0.379 e. The van der Waals surface area contributed by atoms with Crippen molar-refractivity contribution < 1.29 is 9.53 Å². The maximum atomic E-state index is 13.0. The lowest BCUT2D eigenvalue weighted by atomic mass is 9.88. The summed E-state index contributed by atoms with van der Waals surface area (Å²) in [5, 5.41) is 3.11. The van der Waals surface area contributed by atoms with Crippen molar-refractivity contribution in [3.63, 3.8) is 0 Å². The highest BCUT2D eigenvalue weighted by Crippen LogP contribution is 2.21. The van der Waals surface area contributed by atoms with Crippen LogP contribution in [0.4, 0.5) is 0 Å². The van der Waals surface area contributed by atoms with Crippen LogP contribution in [0.15, 0.2) is 41.3 Å². The van der Waals surface area contributed by atoms with Gasteiger partial charge in [-0.3, -0.25) is 14.5 Å². The lowest BCUT2D eigenvalue weighted by molar-refractivity contribution is 0.0362. The molecule has 1 aromatic heterocycles. The maximum Gasteiger partial charge on any atom is 0.263 e. The molecule has 1 amide bonds. The molecule has 0 saturated carbocycles. The number of fused-ring (bicyclic) bond motifs is 1. The first-order chi connectivity index (χ1) is 14.1. The number of nitrogens with zero attached hydrogens (tertiary/aromatic N) is 2. The molecular formula is C23H29N3O3. The summed E-state index contributed by atoms with van der Waals surface area (Å²) in [5.41, 5.74) is 3.45. The zero-order valence-electron chi connectivity index (χ0n) is 17.0. The van der Waals surface area contributed by atoms with Gasteiger partial charge in [0.25, 0.3) is 11.5 Å². The van der Waals surface area contributed by atoms with E-state index >= 15 is 0 Å². The molecule has 6 nitrogen and oxygen atoms in total. The molecule has 154 valence electrons. The molecule has 1 fully saturated rings. The molecule has 4 rings (SSSR count). The summed E-state index contributed by atoms with van der Waals surface area (Å²) < 4.78 is 7.03. The van der Waals surface area contributed by atoms with Gasteiger partial charge >= 0.3 is 0 Å². The first-order valence-electron chi connectivity index (χ1n) is 10.5. The number of rotatable bonds is 5. The fourth-order valence-corrected chi connectivity index (χ4v) is 4.27. The van der Waals surface area contributed by atoms with Gasteiger partial charge in [0, 0.05) is 38.4 Å². The Morgan fingerprint density at radius 3 is 2.69 bits per heavy atom. The topological polar surface area (TPSA) is 63.6 Å². The van der Waals surface area contributed by atoms with Crippen molar-refractivity contribution in [2.75, 3.05) is 32.8 Å². The summed E-state index contributed by atoms with van der Waals surface area (Å²) in [6, 6.07) is 10.3. The van der Waals surface area contributed by atoms with Crippen molar-refractivity contribution in [2.45, 2.75) is 38.8 Å². The van der Waals surface area contributed by atoms with E-state index in [1.54, 1.807) is 10.8 Å². The Kier molecular flexibility index (Phi) is 6.11. The summed E-state index contributed by atoms with van der Waals surface area (Å²) >= 11 is 0. The second-order valence-electron chi connectivity index (χ2n) is 8.01. The molecule has 1 saturated heterocycles. The number of morpholine rings is 1. The highest BCUT2D eigenvalue weighted by molar-refractivity contribution is 5.95. The van der Waals surface area contributed by atoms with Crippen molar-refractivity contribution in [3.8, 4) is 0 Å². The molecule has 6 heteroatoms. The Labute approximate surface area is 171 Å². The monoisotopic (exact) mass is 395 g/mol. The summed E-state index contributed by atoms with van der Waals surface area (Å²) in [5.74, 6) is -0.252. The van der Waals surface area contributed by atoms with Crippen LogP contribution in [0.2, 0.25) is 0 Å². The molecule has 29 heavy (non-hydrogen) atoms. The summed E-state index contributed by atoms with van der Waals surface area (Å²) in [7, 11) is 0. The molecule has 0 spiro atoms. The van der Waals surface area contributed by atoms with E-state index < -0.39 is 0 Å². The van der Waals surface area contributed by atoms with E-state index in [1.165, 1.54) is 11.1 Å². The standard InChI is InChI=1S/C23H29N3O3/c1-17-8-9-26(11-10-25-12-14-29-15-13-25)23(28)21(17)22(27)24-20-7-6-18-4-2-3-5-19(18)16-20/h2-5,8-9,20H,6-7,10-16H2,1H3,(H,24,27). The number of aryl methyl sites for hydroxylation is 2. The van der Waals surface area contributed by atoms with E-state index in [2.05, 4.69) is 28.4 Å². The zero-order valence-corrected chi connectivity index (χ0v) is 17.0. The van der Waals surface area contributed by atoms with Crippen molar-refractivity contribution in [3.05, 3.63) is 69.1 Å². The molecule has 1 aliphatic carbocycles. The predicted octanol–water partition coefficient (Wildman–Crippen LogP) is 1.78. The second kappa shape index (κ2) is 8.93. The van der Waals surface area contributed by atoms with E-state index in [0.717, 1.165) is 57.7 Å². The number of aromatic nitrogens is 1. The van der Waals surface area contributed by atoms with Gasteiger partial charge in [0.1, 0.15) is 5.56 Å². The van der Waals surface area contributed by atoms with Crippen LogP contribution in [0.3, 0.4) is 0 Å². The number of hydrogen-bond donors (Lipinski definition) is 1. The van der Waals surface area contributed by atoms with Gasteiger partial charge in [0.05, 0.1) is 13.2 Å². The molecule has 0 radical (unpaired) electrons. The van der Waals surface area contributed by atoms with E-state index in [0.29, 0.717) is 6.54 Å². The summed E-state index contributed by atoms with van der Waals surface area (Å²) in [6.45, 7) is 6.44. The van der Waals surface area contributed by atoms with E-state index in [1.807, 2.05) is 19.1 Å². The SMILES string of the molecule is Cc1ccn(CCN2CCOCC2)c(=O)c1C(=O)NC1CCc2ccccc2C1. The van der Waals surface area contributed by atoms with Gasteiger partial charge in [0.2, 0.25) is 0 Å². The number of ether oxygens (including phenoxy) is 1. The van der Waals surface area contributed by atoms with Crippen LogP contribution in [-0.2, 0) is 24.1 Å². The minimum atomic E-state index is -0.252. The molecule has 1 aliphatic heterocycles. The number of nitrogens with one attached hydrogen (secondary N) is 1. The Morgan fingerprint density at radius 2 is 1.90 bits per heavy atom. The summed E-state index contributed by atoms with van der Waals surface area (Å²) in [4.78, 5) is 28.3. The normalized spacial score (nSPS) is 19.6. The Morgan fingerprint density at radius 1 is 1.14 bits per heavy atom. The Hall–Kier alpha value is -2.44. The van der Waals surface area contributed by atoms with E-state index in [9.17, 15) is 9.59 Å². The van der Waals surface area contributed by atoms with E-state index in [4.69, 9.17) is 4.74 Å². The van der Waals surface area contributed by atoms with Gasteiger partial charge in [-0.15, -0.1) is 0 Å². The highest BCUT2D eigenvalue weighted by Gasteiger charge is 2.23. The van der Waals surface area contributed by atoms with Gasteiger partial charge < -0.3 is 14.6 Å². The number of carbonyl (C=O) groups excluding carboxylic acids is 1. The number of carbonyl (C=O) groups is 1. The quantitative estimate of drug-likeness (QED) is 0.838. The number of hydrogen-bond acceptors (Lipinski definition) is 4. The molecule has 1 unspecified atom stereocenters. The van der Waals surface area contributed by atoms with Gasteiger partial charge in [-0.05, 0) is 48.9 Å². The fourth-order valence-electron chi connectivity index (χ4n) is 4.27. The smallest absolute Gasteiger partial charge is 0.263 e. The molecule has 2 aliphatic rings. The lowest BCUT2D eigenvalue weighted by Crippen LogP contribution is -2.43. The third-order valence-corrected chi connectivity index (χ3v) is 6.04. The van der Waals surface area contributed by atoms with Crippen LogP contribution in [0.5, 0.6) is 0 Å². The molecule has 1 N–H and O–H groups in total. The average Bonchev–Trinajstić information content (AvgIpc) is 2.74. The van der Waals surface area contributed by atoms with Gasteiger partial charge in [-0.1, -0.05) is 24.3 Å². The van der Waals surface area contributed by atoms with Crippen molar-refractivity contribution >= 4 is 5.91 Å².